The van der Waals surface area contributed by atoms with Crippen LogP contribution in [0.5, 0.6) is 11.5 Å². The molecule has 1 unspecified atom stereocenters. The smallest absolute Gasteiger partial charge is 0.295 e. The van der Waals surface area contributed by atoms with E-state index in [1.165, 1.54) is 29.2 Å². The highest BCUT2D eigenvalue weighted by Crippen LogP contribution is 2.42. The Balaban J connectivity index is 1.81. The molecule has 0 bridgehead atoms. The van der Waals surface area contributed by atoms with Gasteiger partial charge in [0.25, 0.3) is 11.7 Å². The lowest BCUT2D eigenvalue weighted by Gasteiger charge is -2.26. The summed E-state index contributed by atoms with van der Waals surface area (Å²) in [5.74, 6) is -0.832. The maximum atomic E-state index is 13.5. The summed E-state index contributed by atoms with van der Waals surface area (Å²) in [6, 6.07) is 18.9. The molecular weight excluding hydrogens is 485 g/mol. The molecule has 4 rings (SSSR count). The molecule has 198 valence electrons. The van der Waals surface area contributed by atoms with Gasteiger partial charge in [-0.15, -0.1) is 0 Å². The van der Waals surface area contributed by atoms with Gasteiger partial charge in [0.2, 0.25) is 0 Å². The third-order valence-corrected chi connectivity index (χ3v) is 6.39. The fourth-order valence-corrected chi connectivity index (χ4v) is 4.42. The van der Waals surface area contributed by atoms with Crippen LogP contribution in [0.3, 0.4) is 0 Å². The van der Waals surface area contributed by atoms with Crippen molar-refractivity contribution in [3.63, 3.8) is 0 Å². The number of halogens is 1. The molecule has 1 fully saturated rings. The molecule has 1 N–H and O–H groups in total. The summed E-state index contributed by atoms with van der Waals surface area (Å²) >= 11 is 0. The summed E-state index contributed by atoms with van der Waals surface area (Å²) < 4.78 is 25.4. The summed E-state index contributed by atoms with van der Waals surface area (Å²) in [4.78, 5) is 28.0. The normalized spacial score (nSPS) is 16.8. The number of hydrogen-bond acceptors (Lipinski definition) is 5. The van der Waals surface area contributed by atoms with Gasteiger partial charge in [0.15, 0.2) is 11.5 Å². The number of rotatable bonds is 10. The number of aliphatic hydroxyl groups excluding tert-OH is 1. The third kappa shape index (κ3) is 5.88. The van der Waals surface area contributed by atoms with Crippen LogP contribution in [0.15, 0.2) is 78.4 Å². The number of benzene rings is 3. The van der Waals surface area contributed by atoms with Gasteiger partial charge < -0.3 is 19.5 Å². The first kappa shape index (κ1) is 26.9. The Kier molecular flexibility index (Phi) is 8.46. The molecule has 1 heterocycles. The second kappa shape index (κ2) is 11.9. The number of carbonyl (C=O) groups is 2. The van der Waals surface area contributed by atoms with Gasteiger partial charge in [-0.3, -0.25) is 9.59 Å². The van der Waals surface area contributed by atoms with Gasteiger partial charge in [-0.05, 0) is 66.8 Å². The maximum Gasteiger partial charge on any atom is 0.295 e. The Hall–Kier alpha value is -4.13. The molecule has 1 aliphatic rings. The van der Waals surface area contributed by atoms with E-state index in [1.54, 1.807) is 18.2 Å². The fourth-order valence-electron chi connectivity index (χ4n) is 4.42. The minimum atomic E-state index is -0.885. The first-order chi connectivity index (χ1) is 18.3. The van der Waals surface area contributed by atoms with E-state index in [0.29, 0.717) is 36.2 Å². The molecule has 1 atom stereocenters. The highest BCUT2D eigenvalue weighted by Gasteiger charge is 2.46. The van der Waals surface area contributed by atoms with Crippen molar-refractivity contribution in [1.29, 1.82) is 0 Å². The van der Waals surface area contributed by atoms with E-state index >= 15 is 0 Å². The summed E-state index contributed by atoms with van der Waals surface area (Å²) in [7, 11) is 0. The van der Waals surface area contributed by atoms with Gasteiger partial charge in [0, 0.05) is 12.1 Å². The van der Waals surface area contributed by atoms with Crippen LogP contribution < -0.4 is 9.47 Å². The highest BCUT2D eigenvalue weighted by molar-refractivity contribution is 6.46. The van der Waals surface area contributed by atoms with Crippen molar-refractivity contribution in [2.24, 2.45) is 5.92 Å². The van der Waals surface area contributed by atoms with Crippen molar-refractivity contribution in [1.82, 2.24) is 4.90 Å². The van der Waals surface area contributed by atoms with Crippen LogP contribution in [0.1, 0.15) is 49.9 Å². The SMILES string of the molecule is CCOc1cc(C2C(=C(O)c3ccc(F)cc3)C(=O)C(=O)N2Cc2ccccc2)ccc1OCCC(C)C. The Morgan fingerprint density at radius 3 is 2.34 bits per heavy atom. The second-order valence-corrected chi connectivity index (χ2v) is 9.59. The first-order valence-electron chi connectivity index (χ1n) is 12.8. The fraction of sp³-hybridized carbons (Fsp3) is 0.290. The second-order valence-electron chi connectivity index (χ2n) is 9.59. The van der Waals surface area contributed by atoms with Gasteiger partial charge >= 0.3 is 0 Å². The number of amides is 1. The average Bonchev–Trinajstić information content (AvgIpc) is 3.15. The molecule has 6 nitrogen and oxygen atoms in total. The van der Waals surface area contributed by atoms with Crippen LogP contribution in [0.4, 0.5) is 4.39 Å². The predicted molar refractivity (Wildman–Crippen MR) is 143 cm³/mol. The van der Waals surface area contributed by atoms with Crippen LogP contribution in [-0.4, -0.2) is 34.9 Å². The van der Waals surface area contributed by atoms with Gasteiger partial charge in [-0.1, -0.05) is 50.2 Å². The van der Waals surface area contributed by atoms with E-state index < -0.39 is 23.5 Å². The molecule has 0 saturated carbocycles. The molecule has 3 aromatic carbocycles. The Morgan fingerprint density at radius 1 is 0.974 bits per heavy atom. The van der Waals surface area contributed by atoms with Gasteiger partial charge in [-0.25, -0.2) is 4.39 Å². The molecule has 3 aromatic rings. The van der Waals surface area contributed by atoms with Gasteiger partial charge in [0.1, 0.15) is 11.6 Å². The molecular formula is C31H32FNO5. The van der Waals surface area contributed by atoms with Crippen molar-refractivity contribution >= 4 is 17.4 Å². The number of likely N-dealkylation sites (tertiary alicyclic amines) is 1. The standard InChI is InChI=1S/C31H32FNO5/c1-4-37-26-18-23(12-15-25(26)38-17-16-20(2)3)28-27(29(34)22-10-13-24(32)14-11-22)30(35)31(36)33(28)19-21-8-6-5-7-9-21/h5-15,18,20,28,34H,4,16-17,19H2,1-3H3. The molecule has 7 heteroatoms. The van der Waals surface area contributed by atoms with E-state index in [4.69, 9.17) is 9.47 Å². The average molecular weight is 518 g/mol. The van der Waals surface area contributed by atoms with E-state index in [9.17, 15) is 19.1 Å². The van der Waals surface area contributed by atoms with E-state index in [2.05, 4.69) is 13.8 Å². The zero-order chi connectivity index (χ0) is 27.2. The van der Waals surface area contributed by atoms with Crippen LogP contribution in [0, 0.1) is 11.7 Å². The van der Waals surface area contributed by atoms with Crippen LogP contribution in [-0.2, 0) is 16.1 Å². The number of ketones is 1. The monoisotopic (exact) mass is 517 g/mol. The van der Waals surface area contributed by atoms with Crippen molar-refractivity contribution in [2.45, 2.75) is 39.8 Å². The molecule has 38 heavy (non-hydrogen) atoms. The van der Waals surface area contributed by atoms with E-state index in [0.717, 1.165) is 12.0 Å². The predicted octanol–water partition coefficient (Wildman–Crippen LogP) is 6.27. The zero-order valence-electron chi connectivity index (χ0n) is 21.8. The highest BCUT2D eigenvalue weighted by atomic mass is 19.1. The van der Waals surface area contributed by atoms with Crippen molar-refractivity contribution < 1.29 is 28.6 Å². The molecule has 0 aromatic heterocycles. The number of ether oxygens (including phenoxy) is 2. The number of hydrogen-bond donors (Lipinski definition) is 1. The molecule has 1 saturated heterocycles. The Labute approximate surface area is 222 Å². The Morgan fingerprint density at radius 2 is 1.68 bits per heavy atom. The number of carbonyl (C=O) groups excluding carboxylic acids is 2. The first-order valence-corrected chi connectivity index (χ1v) is 12.8. The van der Waals surface area contributed by atoms with Gasteiger partial charge in [0.05, 0.1) is 24.8 Å². The largest absolute Gasteiger partial charge is 0.507 e. The van der Waals surface area contributed by atoms with Crippen molar-refractivity contribution in [3.05, 3.63) is 101 Å². The number of aliphatic hydroxyl groups is 1. The third-order valence-electron chi connectivity index (χ3n) is 6.39. The number of Topliss-reactive ketones (excluding diaryl/α,β-unsaturated/α-hetero) is 1. The summed E-state index contributed by atoms with van der Waals surface area (Å²) in [5.41, 5.74) is 1.60. The van der Waals surface area contributed by atoms with Crippen molar-refractivity contribution in [2.75, 3.05) is 13.2 Å². The van der Waals surface area contributed by atoms with Crippen molar-refractivity contribution in [3.8, 4) is 11.5 Å². The molecule has 0 aliphatic carbocycles. The minimum absolute atomic E-state index is 0.0616. The summed E-state index contributed by atoms with van der Waals surface area (Å²) in [5, 5.41) is 11.2. The van der Waals surface area contributed by atoms with Crippen LogP contribution >= 0.6 is 0 Å². The zero-order valence-corrected chi connectivity index (χ0v) is 21.8. The van der Waals surface area contributed by atoms with Gasteiger partial charge in [-0.2, -0.15) is 0 Å². The maximum absolute atomic E-state index is 13.5. The lowest BCUT2D eigenvalue weighted by atomic mass is 9.94. The lowest BCUT2D eigenvalue weighted by molar-refractivity contribution is -0.140. The van der Waals surface area contributed by atoms with E-state index in [-0.39, 0.29) is 23.4 Å². The lowest BCUT2D eigenvalue weighted by Crippen LogP contribution is -2.29. The molecule has 0 radical (unpaired) electrons. The summed E-state index contributed by atoms with van der Waals surface area (Å²) in [6.45, 7) is 7.17. The molecule has 1 aliphatic heterocycles. The quantitative estimate of drug-likeness (QED) is 0.195. The molecule has 0 spiro atoms. The minimum Gasteiger partial charge on any atom is -0.507 e. The van der Waals surface area contributed by atoms with Crippen LogP contribution in [0.25, 0.3) is 5.76 Å². The summed E-state index contributed by atoms with van der Waals surface area (Å²) in [6.07, 6.45) is 0.877. The van der Waals surface area contributed by atoms with E-state index in [1.807, 2.05) is 37.3 Å². The topological polar surface area (TPSA) is 76.1 Å². The molecule has 1 amide bonds. The number of nitrogens with zero attached hydrogens (tertiary/aromatic N) is 1. The Bertz CT molecular complexity index is 1320. The van der Waals surface area contributed by atoms with Crippen LogP contribution in [0.2, 0.25) is 0 Å².